The van der Waals surface area contributed by atoms with E-state index in [1.807, 2.05) is 18.2 Å². The number of esters is 1. The number of fused-ring (bicyclic) bond motifs is 1. The minimum atomic E-state index is -0.576. The molecule has 0 unspecified atom stereocenters. The number of phenols is 1. The molecule has 1 aromatic heterocycles. The third kappa shape index (κ3) is 2.97. The highest BCUT2D eigenvalue weighted by Gasteiger charge is 2.28. The number of halogens is 2. The molecule has 0 bridgehead atoms. The standard InChI is InChI=1S/C18H9BrClNO3S/c19-10-5-6-11-14(8-10)25-16(15(11)20)17-21-12(18(23)24-17)7-9-3-1-2-4-13(9)22/h1-8,22H/b12-7+. The highest BCUT2D eigenvalue weighted by Crippen LogP contribution is 2.38. The number of aliphatic imine (C=N–C) groups is 1. The molecule has 1 aliphatic rings. The number of nitrogens with zero attached hydrogens (tertiary/aromatic N) is 1. The van der Waals surface area contributed by atoms with E-state index in [1.165, 1.54) is 23.5 Å². The first-order valence-electron chi connectivity index (χ1n) is 7.21. The van der Waals surface area contributed by atoms with E-state index in [0.29, 0.717) is 15.5 Å². The van der Waals surface area contributed by atoms with Gasteiger partial charge in [0.25, 0.3) is 0 Å². The van der Waals surface area contributed by atoms with E-state index in [2.05, 4.69) is 20.9 Å². The molecule has 2 heterocycles. The fraction of sp³-hybridized carbons (Fsp3) is 0. The number of phenolic OH excluding ortho intramolecular Hbond substituents is 1. The lowest BCUT2D eigenvalue weighted by Gasteiger charge is -1.97. The maximum Gasteiger partial charge on any atom is 0.363 e. The molecule has 3 aromatic rings. The molecule has 0 amide bonds. The normalized spacial score (nSPS) is 15.7. The van der Waals surface area contributed by atoms with Crippen molar-refractivity contribution in [2.75, 3.05) is 0 Å². The molecule has 25 heavy (non-hydrogen) atoms. The molecular weight excluding hydrogens is 426 g/mol. The van der Waals surface area contributed by atoms with Gasteiger partial charge < -0.3 is 9.84 Å². The van der Waals surface area contributed by atoms with Gasteiger partial charge >= 0.3 is 5.97 Å². The molecule has 0 fully saturated rings. The van der Waals surface area contributed by atoms with Crippen molar-refractivity contribution in [2.45, 2.75) is 0 Å². The van der Waals surface area contributed by atoms with Crippen LogP contribution >= 0.6 is 38.9 Å². The van der Waals surface area contributed by atoms with Crippen LogP contribution in [0.15, 0.2) is 57.6 Å². The fourth-order valence-electron chi connectivity index (χ4n) is 2.44. The van der Waals surface area contributed by atoms with Crippen LogP contribution in [0, 0.1) is 0 Å². The van der Waals surface area contributed by atoms with Crippen LogP contribution in [0.2, 0.25) is 5.02 Å². The molecule has 0 saturated heterocycles. The monoisotopic (exact) mass is 433 g/mol. The molecule has 0 spiro atoms. The van der Waals surface area contributed by atoms with Gasteiger partial charge in [-0.05, 0) is 24.3 Å². The fourth-order valence-corrected chi connectivity index (χ4v) is 4.43. The number of hydrogen-bond donors (Lipinski definition) is 1. The average Bonchev–Trinajstić information content (AvgIpc) is 3.10. The first-order chi connectivity index (χ1) is 12.0. The summed E-state index contributed by atoms with van der Waals surface area (Å²) in [6, 6.07) is 12.4. The van der Waals surface area contributed by atoms with Gasteiger partial charge in [0, 0.05) is 20.1 Å². The predicted molar refractivity (Wildman–Crippen MR) is 103 cm³/mol. The molecule has 2 aromatic carbocycles. The third-order valence-electron chi connectivity index (χ3n) is 3.64. The minimum absolute atomic E-state index is 0.0659. The summed E-state index contributed by atoms with van der Waals surface area (Å²) >= 11 is 11.3. The van der Waals surface area contributed by atoms with Crippen molar-refractivity contribution < 1.29 is 14.6 Å². The van der Waals surface area contributed by atoms with Crippen LogP contribution in [0.25, 0.3) is 16.2 Å². The van der Waals surface area contributed by atoms with Crippen molar-refractivity contribution in [3.63, 3.8) is 0 Å². The first kappa shape index (κ1) is 16.3. The molecule has 0 atom stereocenters. The molecule has 0 saturated carbocycles. The smallest absolute Gasteiger partial charge is 0.363 e. The van der Waals surface area contributed by atoms with Gasteiger partial charge in [-0.15, -0.1) is 11.3 Å². The maximum atomic E-state index is 12.1. The Balaban J connectivity index is 1.78. The maximum absolute atomic E-state index is 12.1. The second kappa shape index (κ2) is 6.29. The Morgan fingerprint density at radius 2 is 2.04 bits per heavy atom. The number of thiophene rings is 1. The zero-order valence-electron chi connectivity index (χ0n) is 12.5. The number of hydrogen-bond acceptors (Lipinski definition) is 5. The second-order valence-electron chi connectivity index (χ2n) is 5.28. The third-order valence-corrected chi connectivity index (χ3v) is 5.77. The molecule has 4 nitrogen and oxygen atoms in total. The van der Waals surface area contributed by atoms with Crippen LogP contribution in [0.3, 0.4) is 0 Å². The largest absolute Gasteiger partial charge is 0.507 e. The first-order valence-corrected chi connectivity index (χ1v) is 9.20. The van der Waals surface area contributed by atoms with Gasteiger partial charge in [-0.3, -0.25) is 0 Å². The van der Waals surface area contributed by atoms with Gasteiger partial charge in [0.1, 0.15) is 10.6 Å². The number of ether oxygens (including phenoxy) is 1. The van der Waals surface area contributed by atoms with Gasteiger partial charge in [-0.2, -0.15) is 0 Å². The molecule has 4 rings (SSSR count). The van der Waals surface area contributed by atoms with E-state index in [1.54, 1.807) is 18.2 Å². The number of carbonyl (C=O) groups excluding carboxylic acids is 1. The number of benzene rings is 2. The summed E-state index contributed by atoms with van der Waals surface area (Å²) in [6.07, 6.45) is 1.49. The Kier molecular flexibility index (Phi) is 4.11. The minimum Gasteiger partial charge on any atom is -0.507 e. The highest BCUT2D eigenvalue weighted by atomic mass is 79.9. The number of cyclic esters (lactones) is 1. The van der Waals surface area contributed by atoms with Crippen LogP contribution in [0.5, 0.6) is 5.75 Å². The predicted octanol–water partition coefficient (Wildman–Crippen LogP) is 5.37. The number of aromatic hydroxyl groups is 1. The van der Waals surface area contributed by atoms with Crippen LogP contribution in [-0.2, 0) is 9.53 Å². The van der Waals surface area contributed by atoms with Crippen molar-refractivity contribution in [1.29, 1.82) is 0 Å². The Morgan fingerprint density at radius 1 is 1.24 bits per heavy atom. The van der Waals surface area contributed by atoms with E-state index >= 15 is 0 Å². The molecular formula is C18H9BrClNO3S. The summed E-state index contributed by atoms with van der Waals surface area (Å²) in [5, 5.41) is 11.2. The van der Waals surface area contributed by atoms with Gasteiger partial charge in [0.15, 0.2) is 5.70 Å². The molecule has 124 valence electrons. The van der Waals surface area contributed by atoms with Crippen molar-refractivity contribution in [3.05, 3.63) is 68.1 Å². The van der Waals surface area contributed by atoms with Gasteiger partial charge in [-0.25, -0.2) is 9.79 Å². The Hall–Kier alpha value is -2.15. The van der Waals surface area contributed by atoms with E-state index in [0.717, 1.165) is 14.6 Å². The quantitative estimate of drug-likeness (QED) is 0.436. The summed E-state index contributed by atoms with van der Waals surface area (Å²) in [4.78, 5) is 17.0. The summed E-state index contributed by atoms with van der Waals surface area (Å²) in [6.45, 7) is 0. The Morgan fingerprint density at radius 3 is 2.84 bits per heavy atom. The van der Waals surface area contributed by atoms with Crippen LogP contribution < -0.4 is 0 Å². The lowest BCUT2D eigenvalue weighted by atomic mass is 10.1. The Bertz CT molecular complexity index is 1090. The van der Waals surface area contributed by atoms with E-state index < -0.39 is 5.97 Å². The molecule has 7 heteroatoms. The van der Waals surface area contributed by atoms with Gasteiger partial charge in [-0.1, -0.05) is 51.8 Å². The van der Waals surface area contributed by atoms with Crippen LogP contribution in [0.1, 0.15) is 10.4 Å². The molecule has 0 aliphatic carbocycles. The SMILES string of the molecule is O=C1OC(c2sc3cc(Br)ccc3c2Cl)=N/C1=C/c1ccccc1O. The van der Waals surface area contributed by atoms with E-state index in [-0.39, 0.29) is 17.3 Å². The summed E-state index contributed by atoms with van der Waals surface area (Å²) in [5.74, 6) is -0.335. The van der Waals surface area contributed by atoms with Crippen molar-refractivity contribution in [2.24, 2.45) is 4.99 Å². The van der Waals surface area contributed by atoms with E-state index in [4.69, 9.17) is 16.3 Å². The lowest BCUT2D eigenvalue weighted by molar-refractivity contribution is -0.129. The van der Waals surface area contributed by atoms with Crippen LogP contribution in [0.4, 0.5) is 0 Å². The summed E-state index contributed by atoms with van der Waals surface area (Å²) in [5.41, 5.74) is 0.608. The molecule has 0 radical (unpaired) electrons. The summed E-state index contributed by atoms with van der Waals surface area (Å²) in [7, 11) is 0. The van der Waals surface area contributed by atoms with Crippen molar-refractivity contribution in [1.82, 2.24) is 0 Å². The molecule has 1 N–H and O–H groups in total. The highest BCUT2D eigenvalue weighted by molar-refractivity contribution is 9.10. The van der Waals surface area contributed by atoms with Gasteiger partial charge in [0.05, 0.1) is 5.02 Å². The Labute approximate surface area is 160 Å². The zero-order chi connectivity index (χ0) is 17.6. The number of carbonyl (C=O) groups is 1. The van der Waals surface area contributed by atoms with Crippen LogP contribution in [-0.4, -0.2) is 17.0 Å². The summed E-state index contributed by atoms with van der Waals surface area (Å²) < 4.78 is 7.19. The molecule has 1 aliphatic heterocycles. The van der Waals surface area contributed by atoms with Crippen molar-refractivity contribution in [3.8, 4) is 5.75 Å². The van der Waals surface area contributed by atoms with Crippen molar-refractivity contribution >= 4 is 66.9 Å². The van der Waals surface area contributed by atoms with E-state index in [9.17, 15) is 9.90 Å². The lowest BCUT2D eigenvalue weighted by Crippen LogP contribution is -2.04. The topological polar surface area (TPSA) is 58.9 Å². The van der Waals surface area contributed by atoms with Gasteiger partial charge in [0.2, 0.25) is 5.90 Å². The second-order valence-corrected chi connectivity index (χ2v) is 7.63. The number of rotatable bonds is 2. The number of para-hydroxylation sites is 1. The zero-order valence-corrected chi connectivity index (χ0v) is 15.7. The average molecular weight is 435 g/mol.